The van der Waals surface area contributed by atoms with Crippen molar-refractivity contribution in [3.63, 3.8) is 0 Å². The molecule has 30 heavy (non-hydrogen) atoms. The molecular weight excluding hydrogens is 405 g/mol. The minimum absolute atomic E-state index is 0.104. The number of hydrogen-bond donors (Lipinski definition) is 1. The Kier molecular flexibility index (Phi) is 5.42. The predicted molar refractivity (Wildman–Crippen MR) is 115 cm³/mol. The van der Waals surface area contributed by atoms with Crippen molar-refractivity contribution in [3.8, 4) is 17.2 Å². The number of benzene rings is 2. The maximum atomic E-state index is 13.4. The first-order valence-electron chi connectivity index (χ1n) is 9.46. The molecule has 4 rings (SSSR count). The van der Waals surface area contributed by atoms with Gasteiger partial charge in [-0.25, -0.2) is 9.07 Å². The Morgan fingerprint density at radius 2 is 1.80 bits per heavy atom. The van der Waals surface area contributed by atoms with Crippen LogP contribution in [0.4, 0.5) is 10.2 Å². The minimum atomic E-state index is -0.329. The number of anilines is 1. The van der Waals surface area contributed by atoms with Gasteiger partial charge < -0.3 is 14.8 Å². The summed E-state index contributed by atoms with van der Waals surface area (Å²) >= 11 is 1.55. The summed E-state index contributed by atoms with van der Waals surface area (Å²) in [6, 6.07) is 11.8. The van der Waals surface area contributed by atoms with Gasteiger partial charge in [0.1, 0.15) is 11.6 Å². The van der Waals surface area contributed by atoms with Gasteiger partial charge in [0.2, 0.25) is 5.91 Å². The van der Waals surface area contributed by atoms with Gasteiger partial charge in [-0.05, 0) is 55.8 Å². The van der Waals surface area contributed by atoms with Crippen LogP contribution in [0.5, 0.6) is 11.5 Å². The topological polar surface area (TPSA) is 65.4 Å². The van der Waals surface area contributed by atoms with Gasteiger partial charge in [0.15, 0.2) is 11.5 Å². The number of amides is 1. The number of rotatable bonds is 4. The standard InChI is InChI=1S/C22H22FN3O3S/c1-12-19-20(14-5-10-17(28-3)18(11-14)29-4)30-13(2)22(27)24-21(19)26(25-12)16-8-6-15(23)7-9-16/h5-11,13,20H,1-4H3,(H,24,27). The van der Waals surface area contributed by atoms with E-state index in [2.05, 4.69) is 10.4 Å². The number of nitrogens with zero attached hydrogens (tertiary/aromatic N) is 2. The fourth-order valence-electron chi connectivity index (χ4n) is 3.56. The Hall–Kier alpha value is -3.00. The summed E-state index contributed by atoms with van der Waals surface area (Å²) in [5.74, 6) is 1.43. The lowest BCUT2D eigenvalue weighted by Gasteiger charge is -2.19. The normalized spacial score (nSPS) is 18.4. The SMILES string of the molecule is COc1ccc(C2SC(C)C(=O)Nc3c2c(C)nn3-c2ccc(F)cc2)cc1OC. The zero-order chi connectivity index (χ0) is 21.4. The molecule has 1 aliphatic rings. The van der Waals surface area contributed by atoms with Crippen LogP contribution < -0.4 is 14.8 Å². The molecule has 1 aliphatic heterocycles. The van der Waals surface area contributed by atoms with Crippen molar-refractivity contribution in [2.24, 2.45) is 0 Å². The maximum Gasteiger partial charge on any atom is 0.238 e. The van der Waals surface area contributed by atoms with Crippen molar-refractivity contribution < 1.29 is 18.7 Å². The van der Waals surface area contributed by atoms with Crippen molar-refractivity contribution in [2.45, 2.75) is 24.3 Å². The molecule has 0 aliphatic carbocycles. The summed E-state index contributed by atoms with van der Waals surface area (Å²) in [5, 5.41) is 7.24. The molecule has 2 unspecified atom stereocenters. The summed E-state index contributed by atoms with van der Waals surface area (Å²) < 4.78 is 25.9. The molecule has 1 amide bonds. The molecule has 3 aromatic rings. The summed E-state index contributed by atoms with van der Waals surface area (Å²) in [4.78, 5) is 12.7. The summed E-state index contributed by atoms with van der Waals surface area (Å²) in [6.45, 7) is 3.79. The number of thioether (sulfide) groups is 1. The lowest BCUT2D eigenvalue weighted by atomic mass is 10.0. The quantitative estimate of drug-likeness (QED) is 0.664. The molecule has 0 radical (unpaired) electrons. The van der Waals surface area contributed by atoms with Crippen LogP contribution >= 0.6 is 11.8 Å². The van der Waals surface area contributed by atoms with E-state index in [0.717, 1.165) is 16.8 Å². The lowest BCUT2D eigenvalue weighted by molar-refractivity contribution is -0.115. The molecular formula is C22H22FN3O3S. The third-order valence-electron chi connectivity index (χ3n) is 5.10. The van der Waals surface area contributed by atoms with Crippen molar-refractivity contribution in [1.29, 1.82) is 0 Å². The molecule has 0 spiro atoms. The lowest BCUT2D eigenvalue weighted by Crippen LogP contribution is -2.22. The monoisotopic (exact) mass is 427 g/mol. The zero-order valence-corrected chi connectivity index (χ0v) is 17.9. The van der Waals surface area contributed by atoms with Gasteiger partial charge in [-0.1, -0.05) is 6.07 Å². The van der Waals surface area contributed by atoms with E-state index in [9.17, 15) is 9.18 Å². The number of fused-ring (bicyclic) bond motifs is 1. The summed E-state index contributed by atoms with van der Waals surface area (Å²) in [5.41, 5.74) is 3.35. The first-order valence-corrected chi connectivity index (χ1v) is 10.4. The fourth-order valence-corrected chi connectivity index (χ4v) is 4.87. The van der Waals surface area contributed by atoms with E-state index in [1.807, 2.05) is 32.0 Å². The molecule has 2 aromatic carbocycles. The summed E-state index contributed by atoms with van der Waals surface area (Å²) in [6.07, 6.45) is 0. The van der Waals surface area contributed by atoms with Gasteiger partial charge in [0.25, 0.3) is 0 Å². The van der Waals surface area contributed by atoms with Crippen LogP contribution in [0.1, 0.15) is 29.0 Å². The zero-order valence-electron chi connectivity index (χ0n) is 17.1. The highest BCUT2D eigenvalue weighted by Crippen LogP contribution is 2.47. The van der Waals surface area contributed by atoms with Crippen LogP contribution in [-0.4, -0.2) is 35.2 Å². The molecule has 8 heteroatoms. The molecule has 156 valence electrons. The molecule has 0 bridgehead atoms. The molecule has 2 atom stereocenters. The van der Waals surface area contributed by atoms with Crippen molar-refractivity contribution in [3.05, 3.63) is 65.1 Å². The largest absolute Gasteiger partial charge is 0.493 e. The number of nitrogens with one attached hydrogen (secondary N) is 1. The number of carbonyl (C=O) groups excluding carboxylic acids is 1. The van der Waals surface area contributed by atoms with E-state index in [4.69, 9.17) is 9.47 Å². The molecule has 1 N–H and O–H groups in total. The number of aromatic nitrogens is 2. The van der Waals surface area contributed by atoms with Gasteiger partial charge in [-0.15, -0.1) is 11.8 Å². The van der Waals surface area contributed by atoms with E-state index >= 15 is 0 Å². The molecule has 2 heterocycles. The van der Waals surface area contributed by atoms with Gasteiger partial charge in [0.05, 0.1) is 36.1 Å². The van der Waals surface area contributed by atoms with Crippen LogP contribution in [0.3, 0.4) is 0 Å². The Labute approximate surface area is 178 Å². The van der Waals surface area contributed by atoms with Crippen LogP contribution in [0.15, 0.2) is 42.5 Å². The van der Waals surface area contributed by atoms with Gasteiger partial charge >= 0.3 is 0 Å². The molecule has 0 saturated carbocycles. The average molecular weight is 428 g/mol. The highest BCUT2D eigenvalue weighted by atomic mass is 32.2. The van der Waals surface area contributed by atoms with E-state index in [0.29, 0.717) is 23.0 Å². The molecule has 6 nitrogen and oxygen atoms in total. The minimum Gasteiger partial charge on any atom is -0.493 e. The number of methoxy groups -OCH3 is 2. The number of carbonyl (C=O) groups is 1. The van der Waals surface area contributed by atoms with Crippen LogP contribution in [0.2, 0.25) is 0 Å². The molecule has 0 fully saturated rings. The van der Waals surface area contributed by atoms with Crippen molar-refractivity contribution >= 4 is 23.5 Å². The third-order valence-corrected chi connectivity index (χ3v) is 6.50. The molecule has 0 saturated heterocycles. The highest BCUT2D eigenvalue weighted by molar-refractivity contribution is 8.01. The first kappa shape index (κ1) is 20.3. The Morgan fingerprint density at radius 3 is 2.47 bits per heavy atom. The van der Waals surface area contributed by atoms with Crippen molar-refractivity contribution in [2.75, 3.05) is 19.5 Å². The second kappa shape index (κ2) is 8.02. The number of halogens is 1. The summed E-state index contributed by atoms with van der Waals surface area (Å²) in [7, 11) is 3.19. The fraction of sp³-hybridized carbons (Fsp3) is 0.273. The Bertz CT molecular complexity index is 1100. The number of aryl methyl sites for hydroxylation is 1. The maximum absolute atomic E-state index is 13.4. The average Bonchev–Trinajstić information content (AvgIpc) is 2.99. The molecule has 1 aromatic heterocycles. The van der Waals surface area contributed by atoms with Crippen LogP contribution in [0.25, 0.3) is 5.69 Å². The Morgan fingerprint density at radius 1 is 1.10 bits per heavy atom. The highest BCUT2D eigenvalue weighted by Gasteiger charge is 2.34. The predicted octanol–water partition coefficient (Wildman–Crippen LogP) is 4.50. The number of hydrogen-bond acceptors (Lipinski definition) is 5. The van der Waals surface area contributed by atoms with E-state index < -0.39 is 0 Å². The van der Waals surface area contributed by atoms with Gasteiger partial charge in [-0.2, -0.15) is 5.10 Å². The smallest absolute Gasteiger partial charge is 0.238 e. The van der Waals surface area contributed by atoms with E-state index in [1.54, 1.807) is 42.8 Å². The van der Waals surface area contributed by atoms with Gasteiger partial charge in [-0.3, -0.25) is 4.79 Å². The second-order valence-corrected chi connectivity index (χ2v) is 8.45. The number of ether oxygens (including phenoxy) is 2. The second-order valence-electron chi connectivity index (χ2n) is 7.00. The first-order chi connectivity index (χ1) is 14.4. The van der Waals surface area contributed by atoms with Crippen molar-refractivity contribution in [1.82, 2.24) is 9.78 Å². The van der Waals surface area contributed by atoms with E-state index in [-0.39, 0.29) is 22.2 Å². The van der Waals surface area contributed by atoms with E-state index in [1.165, 1.54) is 12.1 Å². The van der Waals surface area contributed by atoms with Gasteiger partial charge in [0, 0.05) is 5.56 Å². The van der Waals surface area contributed by atoms with Crippen LogP contribution in [-0.2, 0) is 4.79 Å². The third kappa shape index (κ3) is 3.52. The Balaban J connectivity index is 1.89. The van der Waals surface area contributed by atoms with Crippen LogP contribution in [0, 0.1) is 12.7 Å².